The number of hydrogen-bond donors (Lipinski definition) is 2. The molecule has 0 spiro atoms. The third-order valence-electron chi connectivity index (χ3n) is 4.19. The minimum absolute atomic E-state index is 0.391. The molecule has 112 valence electrons. The fourth-order valence-electron chi connectivity index (χ4n) is 3.08. The Bertz CT molecular complexity index is 387. The molecular weight excluding hydrogens is 264 g/mol. The summed E-state index contributed by atoms with van der Waals surface area (Å²) in [6.45, 7) is 5.93. The molecule has 2 unspecified atom stereocenters. The van der Waals surface area contributed by atoms with Crippen molar-refractivity contribution < 1.29 is 8.42 Å². The van der Waals surface area contributed by atoms with Crippen molar-refractivity contribution in [3.05, 3.63) is 0 Å². The number of nitrogens with two attached hydrogens (primary N) is 1. The highest BCUT2D eigenvalue weighted by atomic mass is 32.2. The van der Waals surface area contributed by atoms with Crippen LogP contribution in [0.15, 0.2) is 0 Å². The molecule has 2 aliphatic heterocycles. The molecule has 0 radical (unpaired) electrons. The first kappa shape index (κ1) is 15.2. The van der Waals surface area contributed by atoms with Crippen LogP contribution in [0.25, 0.3) is 0 Å². The largest absolute Gasteiger partial charge is 0.329 e. The van der Waals surface area contributed by atoms with Crippen molar-refractivity contribution in [2.45, 2.75) is 18.9 Å². The fraction of sp³-hybridized carbons (Fsp3) is 1.00. The van der Waals surface area contributed by atoms with Crippen LogP contribution in [-0.2, 0) is 10.0 Å². The summed E-state index contributed by atoms with van der Waals surface area (Å²) < 4.78 is 24.9. The van der Waals surface area contributed by atoms with E-state index < -0.39 is 10.0 Å². The van der Waals surface area contributed by atoms with Crippen molar-refractivity contribution in [1.82, 2.24) is 14.5 Å². The van der Waals surface area contributed by atoms with Gasteiger partial charge in [0.05, 0.1) is 6.26 Å². The van der Waals surface area contributed by atoms with Gasteiger partial charge in [0.25, 0.3) is 0 Å². The van der Waals surface area contributed by atoms with Gasteiger partial charge < -0.3 is 11.1 Å². The normalized spacial score (nSPS) is 31.5. The molecule has 0 amide bonds. The summed E-state index contributed by atoms with van der Waals surface area (Å²) in [5.74, 6) is 0.440. The molecule has 7 heteroatoms. The first-order chi connectivity index (χ1) is 9.00. The van der Waals surface area contributed by atoms with Gasteiger partial charge in [-0.25, -0.2) is 12.7 Å². The van der Waals surface area contributed by atoms with Crippen molar-refractivity contribution in [1.29, 1.82) is 0 Å². The summed E-state index contributed by atoms with van der Waals surface area (Å²) in [7, 11) is -3.04. The van der Waals surface area contributed by atoms with Crippen molar-refractivity contribution in [3.63, 3.8) is 0 Å². The second-order valence-corrected chi connectivity index (χ2v) is 7.70. The Morgan fingerprint density at radius 1 is 1.37 bits per heavy atom. The second kappa shape index (κ2) is 6.49. The molecule has 2 rings (SSSR count). The lowest BCUT2D eigenvalue weighted by molar-refractivity contribution is 0.119. The van der Waals surface area contributed by atoms with Gasteiger partial charge in [-0.3, -0.25) is 4.90 Å². The van der Waals surface area contributed by atoms with Crippen LogP contribution in [0.2, 0.25) is 0 Å². The van der Waals surface area contributed by atoms with Crippen LogP contribution in [0.3, 0.4) is 0 Å². The Balaban J connectivity index is 1.91. The number of nitrogens with zero attached hydrogens (tertiary/aromatic N) is 2. The van der Waals surface area contributed by atoms with Crippen LogP contribution < -0.4 is 11.1 Å². The molecule has 2 heterocycles. The van der Waals surface area contributed by atoms with Gasteiger partial charge in [0.15, 0.2) is 0 Å². The summed E-state index contributed by atoms with van der Waals surface area (Å²) in [4.78, 5) is 2.42. The van der Waals surface area contributed by atoms with Gasteiger partial charge in [-0.15, -0.1) is 0 Å². The minimum Gasteiger partial charge on any atom is -0.329 e. The van der Waals surface area contributed by atoms with E-state index in [2.05, 4.69) is 10.2 Å². The van der Waals surface area contributed by atoms with E-state index in [1.165, 1.54) is 6.26 Å². The summed E-state index contributed by atoms with van der Waals surface area (Å²) in [5, 5.41) is 3.36. The third kappa shape index (κ3) is 4.13. The second-order valence-electron chi connectivity index (χ2n) is 5.72. The zero-order valence-electron chi connectivity index (χ0n) is 11.7. The highest BCUT2D eigenvalue weighted by molar-refractivity contribution is 7.88. The number of hydrogen-bond acceptors (Lipinski definition) is 5. The number of piperidine rings is 1. The molecule has 0 bridgehead atoms. The molecular formula is C12H26N4O2S. The van der Waals surface area contributed by atoms with E-state index in [9.17, 15) is 8.42 Å². The minimum atomic E-state index is -3.04. The van der Waals surface area contributed by atoms with Crippen LogP contribution >= 0.6 is 0 Å². The average Bonchev–Trinajstić information content (AvgIpc) is 2.39. The lowest BCUT2D eigenvalue weighted by Gasteiger charge is -2.40. The smallest absolute Gasteiger partial charge is 0.211 e. The van der Waals surface area contributed by atoms with Gasteiger partial charge >= 0.3 is 0 Å². The lowest BCUT2D eigenvalue weighted by atomic mass is 9.98. The van der Waals surface area contributed by atoms with E-state index in [4.69, 9.17) is 5.73 Å². The van der Waals surface area contributed by atoms with E-state index in [0.717, 1.165) is 39.0 Å². The van der Waals surface area contributed by atoms with Gasteiger partial charge in [0, 0.05) is 51.9 Å². The molecule has 19 heavy (non-hydrogen) atoms. The molecule has 2 aliphatic rings. The summed E-state index contributed by atoms with van der Waals surface area (Å²) in [6.07, 6.45) is 3.40. The van der Waals surface area contributed by atoms with E-state index in [1.54, 1.807) is 4.31 Å². The van der Waals surface area contributed by atoms with Crippen LogP contribution in [0.5, 0.6) is 0 Å². The SMILES string of the molecule is CS(=O)(=O)N1CCCC(CN2CCNCC2CN)C1. The van der Waals surface area contributed by atoms with Gasteiger partial charge in [-0.1, -0.05) is 0 Å². The molecule has 2 saturated heterocycles. The summed E-state index contributed by atoms with van der Waals surface area (Å²) in [6, 6.07) is 0.391. The van der Waals surface area contributed by atoms with Gasteiger partial charge in [0.2, 0.25) is 10.0 Å². The topological polar surface area (TPSA) is 78.7 Å². The Morgan fingerprint density at radius 2 is 2.16 bits per heavy atom. The monoisotopic (exact) mass is 290 g/mol. The van der Waals surface area contributed by atoms with Crippen LogP contribution in [0.4, 0.5) is 0 Å². The highest BCUT2D eigenvalue weighted by Crippen LogP contribution is 2.20. The average molecular weight is 290 g/mol. The zero-order valence-corrected chi connectivity index (χ0v) is 12.5. The highest BCUT2D eigenvalue weighted by Gasteiger charge is 2.29. The van der Waals surface area contributed by atoms with Gasteiger partial charge in [0.1, 0.15) is 0 Å². The maximum Gasteiger partial charge on any atom is 0.211 e. The predicted molar refractivity (Wildman–Crippen MR) is 76.4 cm³/mol. The molecule has 2 atom stereocenters. The van der Waals surface area contributed by atoms with E-state index in [1.807, 2.05) is 0 Å². The summed E-state index contributed by atoms with van der Waals surface area (Å²) in [5.41, 5.74) is 5.81. The first-order valence-electron chi connectivity index (χ1n) is 7.10. The van der Waals surface area contributed by atoms with Crippen molar-refractivity contribution in [2.24, 2.45) is 11.7 Å². The molecule has 3 N–H and O–H groups in total. The number of piperazine rings is 1. The van der Waals surface area contributed by atoms with Crippen LogP contribution in [0, 0.1) is 5.92 Å². The molecule has 0 aromatic heterocycles. The number of sulfonamides is 1. The first-order valence-corrected chi connectivity index (χ1v) is 8.95. The van der Waals surface area contributed by atoms with E-state index in [0.29, 0.717) is 31.6 Å². The van der Waals surface area contributed by atoms with Crippen LogP contribution in [0.1, 0.15) is 12.8 Å². The standard InChI is InChI=1S/C12H26N4O2S/c1-19(17,18)16-5-2-3-11(10-16)9-15-6-4-14-8-12(15)7-13/h11-12,14H,2-10,13H2,1H3. The van der Waals surface area contributed by atoms with Crippen LogP contribution in [-0.4, -0.2) is 75.7 Å². The van der Waals surface area contributed by atoms with E-state index in [-0.39, 0.29) is 0 Å². The predicted octanol–water partition coefficient (Wildman–Crippen LogP) is -1.11. The lowest BCUT2D eigenvalue weighted by Crippen LogP contribution is -2.56. The van der Waals surface area contributed by atoms with E-state index >= 15 is 0 Å². The van der Waals surface area contributed by atoms with Crippen molar-refractivity contribution in [3.8, 4) is 0 Å². The maximum atomic E-state index is 11.6. The number of rotatable bonds is 4. The molecule has 0 saturated carbocycles. The Hall–Kier alpha value is -0.210. The summed E-state index contributed by atoms with van der Waals surface area (Å²) >= 11 is 0. The Morgan fingerprint density at radius 3 is 2.84 bits per heavy atom. The zero-order chi connectivity index (χ0) is 13.9. The molecule has 2 fully saturated rings. The Kier molecular flexibility index (Phi) is 5.19. The quantitative estimate of drug-likeness (QED) is 0.686. The maximum absolute atomic E-state index is 11.6. The van der Waals surface area contributed by atoms with Gasteiger partial charge in [-0.05, 0) is 18.8 Å². The fourth-order valence-corrected chi connectivity index (χ4v) is 4.03. The molecule has 6 nitrogen and oxygen atoms in total. The Labute approximate surface area is 116 Å². The van der Waals surface area contributed by atoms with Gasteiger partial charge in [-0.2, -0.15) is 0 Å². The third-order valence-corrected chi connectivity index (χ3v) is 5.46. The molecule has 0 aromatic carbocycles. The molecule has 0 aliphatic carbocycles. The van der Waals surface area contributed by atoms with Crippen molar-refractivity contribution in [2.75, 3.05) is 52.1 Å². The van der Waals surface area contributed by atoms with Crippen molar-refractivity contribution >= 4 is 10.0 Å². The number of nitrogens with one attached hydrogen (secondary N) is 1. The molecule has 0 aromatic rings.